The number of fused-ring (bicyclic) bond motifs is 1. The highest BCUT2D eigenvalue weighted by Crippen LogP contribution is 1.94. The fraction of sp³-hybridized carbons (Fsp3) is 0. The van der Waals surface area contributed by atoms with Gasteiger partial charge in [0.1, 0.15) is 12.7 Å². The Hall–Kier alpha value is -1.52. The minimum atomic E-state index is 0.787. The van der Waals surface area contributed by atoms with Crippen molar-refractivity contribution in [3.63, 3.8) is 0 Å². The molecule has 0 aromatic carbocycles. The van der Waals surface area contributed by atoms with E-state index in [1.807, 2.05) is 0 Å². The predicted molar refractivity (Wildman–Crippen MR) is 31.1 cm³/mol. The van der Waals surface area contributed by atoms with E-state index in [1.54, 1.807) is 17.0 Å². The second-order valence-corrected chi connectivity index (χ2v) is 1.73. The van der Waals surface area contributed by atoms with Crippen molar-refractivity contribution < 1.29 is 0 Å². The van der Waals surface area contributed by atoms with Crippen molar-refractivity contribution in [3.8, 4) is 0 Å². The first-order chi connectivity index (χ1) is 4.38. The third kappa shape index (κ3) is 0.426. The van der Waals surface area contributed by atoms with Gasteiger partial charge in [-0.3, -0.25) is 0 Å². The topological polar surface area (TPSA) is 61.1 Å². The first kappa shape index (κ1) is 4.37. The monoisotopic (exact) mass is 123 g/mol. The molecule has 0 aliphatic carbocycles. The molecule has 5 heteroatoms. The average Bonchev–Trinajstić information content (AvgIpc) is 2.35. The molecule has 2 heterocycles. The summed E-state index contributed by atoms with van der Waals surface area (Å²) in [5.41, 5.74) is 0.787. The van der Waals surface area contributed by atoms with Crippen LogP contribution in [0.1, 0.15) is 0 Å². The molecule has 0 unspecified atom stereocenters. The smallest absolute Gasteiger partial charge is 0.174 e. The molecule has 0 bridgehead atoms. The molecule has 0 saturated heterocycles. The Kier molecular flexibility index (Phi) is 0.606. The van der Waals surface area contributed by atoms with Gasteiger partial charge < -0.3 is 5.84 Å². The van der Waals surface area contributed by atoms with Gasteiger partial charge in [-0.1, -0.05) is 0 Å². The first-order valence-electron chi connectivity index (χ1n) is 2.49. The van der Waals surface area contributed by atoms with Gasteiger partial charge in [-0.05, 0) is 0 Å². The summed E-state index contributed by atoms with van der Waals surface area (Å²) in [5, 5.41) is 3.87. The highest BCUT2D eigenvalue weighted by Gasteiger charge is 1.95. The van der Waals surface area contributed by atoms with Crippen LogP contribution < -0.4 is 5.84 Å². The lowest BCUT2D eigenvalue weighted by Crippen LogP contribution is -2.04. The average molecular weight is 123 g/mol. The second kappa shape index (κ2) is 1.25. The normalized spacial score (nSPS) is 10.7. The fourth-order valence-electron chi connectivity index (χ4n) is 0.726. The molecule has 0 atom stereocenters. The van der Waals surface area contributed by atoms with Crippen molar-refractivity contribution in [1.82, 2.24) is 19.3 Å². The lowest BCUT2D eigenvalue weighted by Gasteiger charge is -1.83. The summed E-state index contributed by atoms with van der Waals surface area (Å²) < 4.78 is 3.01. The van der Waals surface area contributed by atoms with E-state index in [0.29, 0.717) is 0 Å². The van der Waals surface area contributed by atoms with Crippen LogP contribution >= 0.6 is 0 Å². The van der Waals surface area contributed by atoms with Crippen LogP contribution in [0.15, 0.2) is 18.9 Å². The summed E-state index contributed by atoms with van der Waals surface area (Å²) in [4.78, 5) is 3.82. The molecule has 0 radical (unpaired) electrons. The van der Waals surface area contributed by atoms with Crippen LogP contribution in [0.5, 0.6) is 0 Å². The molecule has 2 rings (SSSR count). The Balaban J connectivity index is 2.99. The van der Waals surface area contributed by atoms with Crippen LogP contribution in [0.4, 0.5) is 0 Å². The molecule has 0 aliphatic rings. The molecule has 2 aromatic rings. The number of nitrogen functional groups attached to an aromatic ring is 1. The van der Waals surface area contributed by atoms with Crippen molar-refractivity contribution >= 4 is 5.65 Å². The van der Waals surface area contributed by atoms with E-state index in [1.165, 1.54) is 11.0 Å². The number of hydrogen-bond donors (Lipinski definition) is 1. The number of rotatable bonds is 0. The molecule has 0 fully saturated rings. The van der Waals surface area contributed by atoms with Crippen LogP contribution in [-0.4, -0.2) is 19.3 Å². The molecule has 46 valence electrons. The lowest BCUT2D eigenvalue weighted by molar-refractivity contribution is 0.951. The van der Waals surface area contributed by atoms with Crippen LogP contribution in [0, 0.1) is 0 Å². The predicted octanol–water partition coefficient (Wildman–Crippen LogP) is -0.755. The van der Waals surface area contributed by atoms with E-state index in [4.69, 9.17) is 5.84 Å². The molecule has 2 aromatic heterocycles. The Labute approximate surface area is 50.7 Å². The zero-order valence-corrected chi connectivity index (χ0v) is 4.60. The van der Waals surface area contributed by atoms with Gasteiger partial charge in [0.2, 0.25) is 0 Å². The van der Waals surface area contributed by atoms with Gasteiger partial charge in [-0.25, -0.2) is 14.2 Å². The van der Waals surface area contributed by atoms with Crippen molar-refractivity contribution in [1.29, 1.82) is 0 Å². The van der Waals surface area contributed by atoms with Gasteiger partial charge in [-0.2, -0.15) is 5.10 Å². The molecule has 2 N–H and O–H groups in total. The van der Waals surface area contributed by atoms with Gasteiger partial charge in [0.25, 0.3) is 0 Å². The molecule has 5 nitrogen and oxygen atoms in total. The van der Waals surface area contributed by atoms with Gasteiger partial charge in [0.15, 0.2) is 5.65 Å². The zero-order chi connectivity index (χ0) is 6.27. The molecule has 0 aliphatic heterocycles. The van der Waals surface area contributed by atoms with Crippen LogP contribution in [-0.2, 0) is 0 Å². The summed E-state index contributed by atoms with van der Waals surface area (Å²) in [7, 11) is 0. The first-order valence-corrected chi connectivity index (χ1v) is 2.49. The summed E-state index contributed by atoms with van der Waals surface area (Å²) >= 11 is 0. The number of imidazole rings is 1. The van der Waals surface area contributed by atoms with Gasteiger partial charge in [-0.15, -0.1) is 0 Å². The summed E-state index contributed by atoms with van der Waals surface area (Å²) in [5.74, 6) is 5.41. The van der Waals surface area contributed by atoms with Crippen molar-refractivity contribution in [2.24, 2.45) is 0 Å². The van der Waals surface area contributed by atoms with Crippen molar-refractivity contribution in [3.05, 3.63) is 18.9 Å². The Morgan fingerprint density at radius 1 is 1.44 bits per heavy atom. The van der Waals surface area contributed by atoms with E-state index in [9.17, 15) is 0 Å². The highest BCUT2D eigenvalue weighted by molar-refractivity contribution is 5.34. The molecule has 9 heavy (non-hydrogen) atoms. The quantitative estimate of drug-likeness (QED) is 0.468. The summed E-state index contributed by atoms with van der Waals surface area (Å²) in [6, 6.07) is 0. The lowest BCUT2D eigenvalue weighted by atomic mass is 10.8. The van der Waals surface area contributed by atoms with E-state index in [2.05, 4.69) is 10.1 Å². The SMILES string of the molecule is Nn1cnn2cncc12. The number of nitrogens with zero attached hydrogens (tertiary/aromatic N) is 4. The molecule has 0 saturated carbocycles. The maximum absolute atomic E-state index is 5.41. The molecule has 0 amide bonds. The molecular formula is C4H5N5. The number of aromatic nitrogens is 4. The molecular weight excluding hydrogens is 118 g/mol. The largest absolute Gasteiger partial charge is 0.336 e. The maximum atomic E-state index is 5.41. The van der Waals surface area contributed by atoms with Gasteiger partial charge in [0.05, 0.1) is 6.20 Å². The molecule has 0 spiro atoms. The van der Waals surface area contributed by atoms with E-state index in [0.717, 1.165) is 5.65 Å². The maximum Gasteiger partial charge on any atom is 0.174 e. The summed E-state index contributed by atoms with van der Waals surface area (Å²) in [6.45, 7) is 0. The zero-order valence-electron chi connectivity index (χ0n) is 4.60. The number of nitrogens with two attached hydrogens (primary N) is 1. The highest BCUT2D eigenvalue weighted by atomic mass is 15.4. The van der Waals surface area contributed by atoms with E-state index < -0.39 is 0 Å². The standard InChI is InChI=1S/C4H5N5/c5-8-3-7-9-2-6-1-4(8)9/h1-3H,5H2. The Bertz CT molecular complexity index is 318. The van der Waals surface area contributed by atoms with Crippen molar-refractivity contribution in [2.75, 3.05) is 5.84 Å². The van der Waals surface area contributed by atoms with Gasteiger partial charge in [0, 0.05) is 0 Å². The second-order valence-electron chi connectivity index (χ2n) is 1.73. The van der Waals surface area contributed by atoms with E-state index >= 15 is 0 Å². The fourth-order valence-corrected chi connectivity index (χ4v) is 0.726. The minimum Gasteiger partial charge on any atom is -0.336 e. The van der Waals surface area contributed by atoms with Crippen LogP contribution in [0.2, 0.25) is 0 Å². The van der Waals surface area contributed by atoms with Gasteiger partial charge >= 0.3 is 0 Å². The summed E-state index contributed by atoms with van der Waals surface area (Å²) in [6.07, 6.45) is 4.77. The Morgan fingerprint density at radius 3 is 3.11 bits per heavy atom. The van der Waals surface area contributed by atoms with Crippen LogP contribution in [0.25, 0.3) is 5.65 Å². The minimum absolute atomic E-state index is 0.787. The van der Waals surface area contributed by atoms with Crippen molar-refractivity contribution in [2.45, 2.75) is 0 Å². The number of hydrogen-bond acceptors (Lipinski definition) is 3. The van der Waals surface area contributed by atoms with E-state index in [-0.39, 0.29) is 0 Å². The third-order valence-corrected chi connectivity index (χ3v) is 1.17. The van der Waals surface area contributed by atoms with Crippen LogP contribution in [0.3, 0.4) is 0 Å². The third-order valence-electron chi connectivity index (χ3n) is 1.17. The Morgan fingerprint density at radius 2 is 2.33 bits per heavy atom.